The van der Waals surface area contributed by atoms with E-state index in [1.54, 1.807) is 0 Å². The predicted molar refractivity (Wildman–Crippen MR) is 63.0 cm³/mol. The molecule has 1 N–H and O–H groups in total. The molecule has 0 aromatic rings. The summed E-state index contributed by atoms with van der Waals surface area (Å²) in [6.07, 6.45) is 6.89. The Kier molecular flexibility index (Phi) is 2.40. The van der Waals surface area contributed by atoms with Gasteiger partial charge in [-0.1, -0.05) is 18.2 Å². The van der Waals surface area contributed by atoms with Crippen molar-refractivity contribution in [3.05, 3.63) is 23.8 Å². The maximum atomic E-state index is 11.2. The summed E-state index contributed by atoms with van der Waals surface area (Å²) in [5, 5.41) is 10.2. The van der Waals surface area contributed by atoms with Gasteiger partial charge in [-0.25, -0.2) is 0 Å². The van der Waals surface area contributed by atoms with Crippen molar-refractivity contribution in [2.24, 2.45) is 23.7 Å². The number of hydrogen-bond acceptors (Lipinski definition) is 3. The zero-order valence-electron chi connectivity index (χ0n) is 10.2. The maximum Gasteiger partial charge on any atom is 0.303 e. The second-order valence-electron chi connectivity index (χ2n) is 5.53. The van der Waals surface area contributed by atoms with Gasteiger partial charge in [0, 0.05) is 18.8 Å². The monoisotopic (exact) mass is 234 g/mol. The van der Waals surface area contributed by atoms with Crippen molar-refractivity contribution in [1.82, 2.24) is 0 Å². The molecule has 2 bridgehead atoms. The average molecular weight is 234 g/mol. The predicted octanol–water partition coefficient (Wildman–Crippen LogP) is 1.68. The van der Waals surface area contributed by atoms with Crippen LogP contribution < -0.4 is 0 Å². The van der Waals surface area contributed by atoms with Crippen molar-refractivity contribution >= 4 is 5.97 Å². The lowest BCUT2D eigenvalue weighted by Gasteiger charge is -2.40. The third-order valence-corrected chi connectivity index (χ3v) is 4.50. The van der Waals surface area contributed by atoms with Crippen LogP contribution in [0.5, 0.6) is 0 Å². The minimum atomic E-state index is -0.383. The molecule has 3 aliphatic rings. The molecule has 1 saturated carbocycles. The van der Waals surface area contributed by atoms with Gasteiger partial charge >= 0.3 is 5.97 Å². The van der Waals surface area contributed by atoms with Crippen LogP contribution in [0.4, 0.5) is 0 Å². The van der Waals surface area contributed by atoms with E-state index in [-0.39, 0.29) is 30.0 Å². The van der Waals surface area contributed by atoms with Crippen LogP contribution in [-0.4, -0.2) is 23.3 Å². The number of aliphatic hydroxyl groups excluding tert-OH is 1. The van der Waals surface area contributed by atoms with E-state index >= 15 is 0 Å². The molecule has 3 aliphatic carbocycles. The topological polar surface area (TPSA) is 46.5 Å². The average Bonchev–Trinajstić information content (AvgIpc) is 2.83. The van der Waals surface area contributed by atoms with Crippen LogP contribution in [-0.2, 0) is 9.53 Å². The molecule has 0 unspecified atom stereocenters. The molecule has 0 amide bonds. The van der Waals surface area contributed by atoms with E-state index < -0.39 is 0 Å². The van der Waals surface area contributed by atoms with Crippen molar-refractivity contribution in [2.45, 2.75) is 32.5 Å². The van der Waals surface area contributed by atoms with Gasteiger partial charge in [-0.15, -0.1) is 0 Å². The van der Waals surface area contributed by atoms with Gasteiger partial charge in [-0.2, -0.15) is 0 Å². The lowest BCUT2D eigenvalue weighted by atomic mass is 9.71. The fourth-order valence-corrected chi connectivity index (χ4v) is 3.94. The molecule has 92 valence electrons. The summed E-state index contributed by atoms with van der Waals surface area (Å²) in [6.45, 7) is 3.40. The number of ether oxygens (including phenoxy) is 1. The first-order chi connectivity index (χ1) is 8.08. The molecule has 0 radical (unpaired) electrons. The standard InChI is InChI=1S/C14H18O3/c1-7-5-11(16)12-9-3-4-10(6-9)13(12)14(7)17-8(2)15/h3-5,9-14,16H,6H2,1-2H3/t9-,10+,11+,12+,13+,14-/m1/s1. The van der Waals surface area contributed by atoms with Gasteiger partial charge in [0.05, 0.1) is 6.10 Å². The molecular weight excluding hydrogens is 216 g/mol. The summed E-state index contributed by atoms with van der Waals surface area (Å²) in [4.78, 5) is 11.2. The number of aliphatic hydroxyl groups is 1. The van der Waals surface area contributed by atoms with Gasteiger partial charge in [0.25, 0.3) is 0 Å². The van der Waals surface area contributed by atoms with Crippen LogP contribution in [0.1, 0.15) is 20.3 Å². The highest BCUT2D eigenvalue weighted by atomic mass is 16.5. The minimum Gasteiger partial charge on any atom is -0.458 e. The molecule has 3 heteroatoms. The van der Waals surface area contributed by atoms with Crippen molar-refractivity contribution < 1.29 is 14.6 Å². The zero-order chi connectivity index (χ0) is 12.2. The number of allylic oxidation sites excluding steroid dienone is 2. The molecule has 0 aliphatic heterocycles. The fourth-order valence-electron chi connectivity index (χ4n) is 3.94. The summed E-state index contributed by atoms with van der Waals surface area (Å²) < 4.78 is 5.47. The largest absolute Gasteiger partial charge is 0.458 e. The molecule has 3 rings (SSSR count). The Labute approximate surface area is 101 Å². The van der Waals surface area contributed by atoms with Gasteiger partial charge in [0.1, 0.15) is 6.10 Å². The SMILES string of the molecule is CC(=O)O[C@@H]1C(C)=C[C@H](O)[C@H]2[C@@H]1[C@H]1C=C[C@@H]2C1. The number of esters is 1. The zero-order valence-corrected chi connectivity index (χ0v) is 10.2. The van der Waals surface area contributed by atoms with Crippen LogP contribution in [0.25, 0.3) is 0 Å². The van der Waals surface area contributed by atoms with Gasteiger partial charge in [-0.05, 0) is 30.8 Å². The minimum absolute atomic E-state index is 0.138. The van der Waals surface area contributed by atoms with E-state index in [1.807, 2.05) is 13.0 Å². The van der Waals surface area contributed by atoms with E-state index in [4.69, 9.17) is 4.74 Å². The molecule has 0 aromatic heterocycles. The molecular formula is C14H18O3. The molecule has 0 heterocycles. The molecule has 0 saturated heterocycles. The molecule has 1 fully saturated rings. The Hall–Kier alpha value is -1.09. The van der Waals surface area contributed by atoms with Gasteiger partial charge in [0.2, 0.25) is 0 Å². The number of rotatable bonds is 1. The van der Waals surface area contributed by atoms with Crippen molar-refractivity contribution in [1.29, 1.82) is 0 Å². The molecule has 3 nitrogen and oxygen atoms in total. The van der Waals surface area contributed by atoms with E-state index in [0.717, 1.165) is 12.0 Å². The van der Waals surface area contributed by atoms with Crippen LogP contribution in [0.15, 0.2) is 23.8 Å². The third-order valence-electron chi connectivity index (χ3n) is 4.50. The summed E-state index contributed by atoms with van der Waals surface area (Å²) >= 11 is 0. The Morgan fingerprint density at radius 1 is 1.35 bits per heavy atom. The molecule has 6 atom stereocenters. The van der Waals surface area contributed by atoms with E-state index in [2.05, 4.69) is 12.2 Å². The van der Waals surface area contributed by atoms with Crippen molar-refractivity contribution in [3.63, 3.8) is 0 Å². The van der Waals surface area contributed by atoms with Gasteiger partial charge in [0.15, 0.2) is 0 Å². The highest BCUT2D eigenvalue weighted by molar-refractivity contribution is 5.66. The first-order valence-corrected chi connectivity index (χ1v) is 6.30. The number of carbonyl (C=O) groups is 1. The van der Waals surface area contributed by atoms with Crippen molar-refractivity contribution in [3.8, 4) is 0 Å². The Bertz CT molecular complexity index is 410. The van der Waals surface area contributed by atoms with Crippen LogP contribution in [0, 0.1) is 23.7 Å². The molecule has 17 heavy (non-hydrogen) atoms. The van der Waals surface area contributed by atoms with Crippen LogP contribution in [0.2, 0.25) is 0 Å². The first-order valence-electron chi connectivity index (χ1n) is 6.30. The normalized spacial score (nSPS) is 46.6. The fraction of sp³-hybridized carbons (Fsp3) is 0.643. The van der Waals surface area contributed by atoms with E-state index in [0.29, 0.717) is 11.8 Å². The summed E-state index contributed by atoms with van der Waals surface area (Å²) in [5.41, 5.74) is 0.995. The highest BCUT2D eigenvalue weighted by Gasteiger charge is 2.53. The maximum absolute atomic E-state index is 11.2. The second-order valence-corrected chi connectivity index (χ2v) is 5.53. The first kappa shape index (κ1) is 11.0. The Morgan fingerprint density at radius 2 is 2.00 bits per heavy atom. The molecule has 0 spiro atoms. The number of hydrogen-bond donors (Lipinski definition) is 1. The van der Waals surface area contributed by atoms with Crippen molar-refractivity contribution in [2.75, 3.05) is 0 Å². The van der Waals surface area contributed by atoms with Crippen LogP contribution in [0.3, 0.4) is 0 Å². The summed E-state index contributed by atoms with van der Waals surface area (Å²) in [7, 11) is 0. The number of fused-ring (bicyclic) bond motifs is 5. The highest BCUT2D eigenvalue weighted by Crippen LogP contribution is 2.54. The van der Waals surface area contributed by atoms with E-state index in [9.17, 15) is 9.90 Å². The lowest BCUT2D eigenvalue weighted by Crippen LogP contribution is -2.43. The van der Waals surface area contributed by atoms with Gasteiger partial charge in [-0.3, -0.25) is 4.79 Å². The van der Waals surface area contributed by atoms with Gasteiger partial charge < -0.3 is 9.84 Å². The summed E-state index contributed by atoms with van der Waals surface area (Å²) in [5.74, 6) is 1.20. The number of carbonyl (C=O) groups excluding carboxylic acids is 1. The lowest BCUT2D eigenvalue weighted by molar-refractivity contribution is -0.149. The Morgan fingerprint density at radius 3 is 2.65 bits per heavy atom. The van der Waals surface area contributed by atoms with E-state index in [1.165, 1.54) is 6.92 Å². The van der Waals surface area contributed by atoms with Crippen LogP contribution >= 0.6 is 0 Å². The quantitative estimate of drug-likeness (QED) is 0.554. The smallest absolute Gasteiger partial charge is 0.303 e. The molecule has 0 aromatic carbocycles. The summed E-state index contributed by atoms with van der Waals surface area (Å²) in [6, 6.07) is 0. The second kappa shape index (κ2) is 3.70. The Balaban J connectivity index is 1.95. The third kappa shape index (κ3) is 1.56.